The lowest BCUT2D eigenvalue weighted by Crippen LogP contribution is -2.44. The van der Waals surface area contributed by atoms with Crippen molar-refractivity contribution in [3.05, 3.63) is 0 Å². The topological polar surface area (TPSA) is 43.1 Å². The first-order valence-electron chi connectivity index (χ1n) is 6.48. The highest BCUT2D eigenvalue weighted by Crippen LogP contribution is 2.41. The molecule has 15 heavy (non-hydrogen) atoms. The number of Topliss-reactive ketones (excluding diaryl/α,β-unsaturated/α-hetero) is 1. The number of hydrogen-bond acceptors (Lipinski definition) is 2. The number of carbonyl (C=O) groups is 1. The lowest BCUT2D eigenvalue weighted by molar-refractivity contribution is -0.132. The standard InChI is InChI=1S/C13H25NO/c1-2-3-4-5-6-8-12(15)13(11-14)9-7-10-13/h2-11,14H2,1H3. The quantitative estimate of drug-likeness (QED) is 0.627. The molecule has 0 aromatic heterocycles. The second-order valence-corrected chi connectivity index (χ2v) is 4.93. The molecule has 2 nitrogen and oxygen atoms in total. The zero-order chi connectivity index (χ0) is 11.1. The van der Waals surface area contributed by atoms with Crippen molar-refractivity contribution < 1.29 is 4.79 Å². The Kier molecular flexibility index (Phi) is 5.30. The molecule has 1 saturated carbocycles. The summed E-state index contributed by atoms with van der Waals surface area (Å²) in [6.07, 6.45) is 10.2. The lowest BCUT2D eigenvalue weighted by Gasteiger charge is -2.39. The van der Waals surface area contributed by atoms with Gasteiger partial charge in [0, 0.05) is 18.4 Å². The summed E-state index contributed by atoms with van der Waals surface area (Å²) in [6.45, 7) is 2.78. The van der Waals surface area contributed by atoms with Crippen LogP contribution in [-0.4, -0.2) is 12.3 Å². The van der Waals surface area contributed by atoms with Crippen molar-refractivity contribution >= 4 is 5.78 Å². The van der Waals surface area contributed by atoms with Gasteiger partial charge in [0.15, 0.2) is 0 Å². The van der Waals surface area contributed by atoms with Gasteiger partial charge in [0.05, 0.1) is 0 Å². The Morgan fingerprint density at radius 1 is 1.20 bits per heavy atom. The Balaban J connectivity index is 2.12. The van der Waals surface area contributed by atoms with E-state index in [0.29, 0.717) is 12.3 Å². The van der Waals surface area contributed by atoms with Crippen molar-refractivity contribution in [3.63, 3.8) is 0 Å². The molecule has 0 unspecified atom stereocenters. The molecule has 0 spiro atoms. The van der Waals surface area contributed by atoms with Gasteiger partial charge in [-0.1, -0.05) is 39.0 Å². The third-order valence-corrected chi connectivity index (χ3v) is 3.80. The Bertz CT molecular complexity index is 191. The van der Waals surface area contributed by atoms with E-state index in [1.807, 2.05) is 0 Å². The zero-order valence-corrected chi connectivity index (χ0v) is 10.1. The van der Waals surface area contributed by atoms with Crippen molar-refractivity contribution in [2.75, 3.05) is 6.54 Å². The third kappa shape index (κ3) is 3.30. The molecule has 0 heterocycles. The molecule has 0 aliphatic heterocycles. The van der Waals surface area contributed by atoms with Gasteiger partial charge in [-0.25, -0.2) is 0 Å². The summed E-state index contributed by atoms with van der Waals surface area (Å²) < 4.78 is 0. The molecular weight excluding hydrogens is 186 g/mol. The fourth-order valence-corrected chi connectivity index (χ4v) is 2.35. The minimum Gasteiger partial charge on any atom is -0.329 e. The SMILES string of the molecule is CCCCCCCC(=O)C1(CN)CCC1. The first-order chi connectivity index (χ1) is 7.25. The molecule has 1 aliphatic rings. The number of rotatable bonds is 8. The minimum atomic E-state index is -0.0925. The van der Waals surface area contributed by atoms with Gasteiger partial charge >= 0.3 is 0 Å². The monoisotopic (exact) mass is 211 g/mol. The number of hydrogen-bond donors (Lipinski definition) is 1. The third-order valence-electron chi connectivity index (χ3n) is 3.80. The molecule has 2 N–H and O–H groups in total. The Hall–Kier alpha value is -0.370. The summed E-state index contributed by atoms with van der Waals surface area (Å²) in [4.78, 5) is 11.9. The van der Waals surface area contributed by atoms with E-state index in [-0.39, 0.29) is 5.41 Å². The van der Waals surface area contributed by atoms with Crippen LogP contribution in [0.15, 0.2) is 0 Å². The molecule has 0 aromatic carbocycles. The molecule has 0 radical (unpaired) electrons. The van der Waals surface area contributed by atoms with Gasteiger partial charge in [-0.15, -0.1) is 0 Å². The zero-order valence-electron chi connectivity index (χ0n) is 10.1. The molecule has 1 aliphatic carbocycles. The highest BCUT2D eigenvalue weighted by atomic mass is 16.1. The van der Waals surface area contributed by atoms with Gasteiger partial charge in [-0.3, -0.25) is 4.79 Å². The van der Waals surface area contributed by atoms with Crippen LogP contribution in [0.4, 0.5) is 0 Å². The predicted octanol–water partition coefficient (Wildman–Crippen LogP) is 3.05. The van der Waals surface area contributed by atoms with Crippen LogP contribution in [0, 0.1) is 5.41 Å². The molecule has 0 aromatic rings. The number of ketones is 1. The van der Waals surface area contributed by atoms with Crippen LogP contribution in [0.2, 0.25) is 0 Å². The second-order valence-electron chi connectivity index (χ2n) is 4.93. The second kappa shape index (κ2) is 6.26. The average Bonchev–Trinajstić information content (AvgIpc) is 2.17. The first-order valence-corrected chi connectivity index (χ1v) is 6.48. The van der Waals surface area contributed by atoms with Crippen LogP contribution in [-0.2, 0) is 4.79 Å². The van der Waals surface area contributed by atoms with E-state index in [4.69, 9.17) is 5.73 Å². The molecule has 88 valence electrons. The van der Waals surface area contributed by atoms with Crippen LogP contribution in [0.1, 0.15) is 64.7 Å². The number of carbonyl (C=O) groups excluding carboxylic acids is 1. The Labute approximate surface area is 93.6 Å². The summed E-state index contributed by atoms with van der Waals surface area (Å²) in [5, 5.41) is 0. The molecule has 0 bridgehead atoms. The summed E-state index contributed by atoms with van der Waals surface area (Å²) in [5.74, 6) is 0.438. The fourth-order valence-electron chi connectivity index (χ4n) is 2.35. The largest absolute Gasteiger partial charge is 0.329 e. The minimum absolute atomic E-state index is 0.0925. The lowest BCUT2D eigenvalue weighted by atomic mass is 9.65. The summed E-state index contributed by atoms with van der Waals surface area (Å²) in [5.41, 5.74) is 5.61. The van der Waals surface area contributed by atoms with E-state index in [0.717, 1.165) is 25.7 Å². The summed E-state index contributed by atoms with van der Waals surface area (Å²) in [7, 11) is 0. The maximum atomic E-state index is 11.9. The number of nitrogens with two attached hydrogens (primary N) is 1. The van der Waals surface area contributed by atoms with Crippen molar-refractivity contribution in [1.29, 1.82) is 0 Å². The molecule has 0 atom stereocenters. The maximum absolute atomic E-state index is 11.9. The van der Waals surface area contributed by atoms with Crippen LogP contribution in [0.25, 0.3) is 0 Å². The van der Waals surface area contributed by atoms with Crippen molar-refractivity contribution in [2.24, 2.45) is 11.1 Å². The highest BCUT2D eigenvalue weighted by molar-refractivity contribution is 5.85. The predicted molar refractivity (Wildman–Crippen MR) is 63.7 cm³/mol. The van der Waals surface area contributed by atoms with Crippen LogP contribution in [0.3, 0.4) is 0 Å². The average molecular weight is 211 g/mol. The van der Waals surface area contributed by atoms with Crippen molar-refractivity contribution in [3.8, 4) is 0 Å². The molecule has 1 fully saturated rings. The van der Waals surface area contributed by atoms with Crippen LogP contribution >= 0.6 is 0 Å². The van der Waals surface area contributed by atoms with Crippen LogP contribution < -0.4 is 5.73 Å². The Morgan fingerprint density at radius 3 is 2.33 bits per heavy atom. The van der Waals surface area contributed by atoms with Crippen molar-refractivity contribution in [1.82, 2.24) is 0 Å². The molecule has 0 saturated heterocycles. The van der Waals surface area contributed by atoms with Gasteiger partial charge in [-0.2, -0.15) is 0 Å². The van der Waals surface area contributed by atoms with Crippen LogP contribution in [0.5, 0.6) is 0 Å². The normalized spacial score (nSPS) is 18.5. The van der Waals surface area contributed by atoms with Gasteiger partial charge < -0.3 is 5.73 Å². The van der Waals surface area contributed by atoms with E-state index in [2.05, 4.69) is 6.92 Å². The summed E-state index contributed by atoms with van der Waals surface area (Å²) >= 11 is 0. The number of unbranched alkanes of at least 4 members (excludes halogenated alkanes) is 4. The maximum Gasteiger partial charge on any atom is 0.140 e. The van der Waals surface area contributed by atoms with E-state index >= 15 is 0 Å². The van der Waals surface area contributed by atoms with Gasteiger partial charge in [0.1, 0.15) is 5.78 Å². The van der Waals surface area contributed by atoms with E-state index in [9.17, 15) is 4.79 Å². The van der Waals surface area contributed by atoms with E-state index in [1.54, 1.807) is 0 Å². The molecule has 0 amide bonds. The molecular formula is C13H25NO. The van der Waals surface area contributed by atoms with Gasteiger partial charge in [0.2, 0.25) is 0 Å². The summed E-state index contributed by atoms with van der Waals surface area (Å²) in [6, 6.07) is 0. The molecule has 1 rings (SSSR count). The van der Waals surface area contributed by atoms with Crippen molar-refractivity contribution in [2.45, 2.75) is 64.7 Å². The highest BCUT2D eigenvalue weighted by Gasteiger charge is 2.41. The molecule has 2 heteroatoms. The van der Waals surface area contributed by atoms with E-state index < -0.39 is 0 Å². The van der Waals surface area contributed by atoms with Gasteiger partial charge in [0.25, 0.3) is 0 Å². The van der Waals surface area contributed by atoms with E-state index in [1.165, 1.54) is 32.1 Å². The Morgan fingerprint density at radius 2 is 1.87 bits per heavy atom. The smallest absolute Gasteiger partial charge is 0.140 e. The fraction of sp³-hybridized carbons (Fsp3) is 0.923. The first kappa shape index (κ1) is 12.7. The van der Waals surface area contributed by atoms with Gasteiger partial charge in [-0.05, 0) is 19.3 Å².